The van der Waals surface area contributed by atoms with E-state index in [1.807, 2.05) is 19.1 Å². The van der Waals surface area contributed by atoms with Crippen LogP contribution in [-0.4, -0.2) is 16.9 Å². The lowest BCUT2D eigenvalue weighted by molar-refractivity contribution is -0.132. The van der Waals surface area contributed by atoms with Crippen LogP contribution in [0.1, 0.15) is 22.3 Å². The molecule has 0 aliphatic rings. The molecular formula is C12H12O3. The van der Waals surface area contributed by atoms with Crippen molar-refractivity contribution in [3.8, 4) is 0 Å². The molecule has 0 aromatic heterocycles. The summed E-state index contributed by atoms with van der Waals surface area (Å²) in [6, 6.07) is 7.01. The predicted molar refractivity (Wildman–Crippen MR) is 56.9 cm³/mol. The summed E-state index contributed by atoms with van der Waals surface area (Å²) in [6.45, 7) is 5.24. The van der Waals surface area contributed by atoms with E-state index in [0.717, 1.165) is 5.56 Å². The van der Waals surface area contributed by atoms with Gasteiger partial charge in [0.05, 0.1) is 0 Å². The lowest BCUT2D eigenvalue weighted by Gasteiger charge is -2.01. The number of carbonyl (C=O) groups excluding carboxylic acids is 1. The summed E-state index contributed by atoms with van der Waals surface area (Å²) < 4.78 is 0. The molecule has 1 N–H and O–H groups in total. The first-order chi connectivity index (χ1) is 7.00. The Morgan fingerprint density at radius 3 is 2.27 bits per heavy atom. The van der Waals surface area contributed by atoms with Gasteiger partial charge in [0.2, 0.25) is 0 Å². The van der Waals surface area contributed by atoms with Gasteiger partial charge in [0.1, 0.15) is 0 Å². The van der Waals surface area contributed by atoms with Crippen molar-refractivity contribution in [3.63, 3.8) is 0 Å². The highest BCUT2D eigenvalue weighted by Crippen LogP contribution is 2.09. The number of benzene rings is 1. The lowest BCUT2D eigenvalue weighted by Crippen LogP contribution is -2.06. The van der Waals surface area contributed by atoms with Crippen LogP contribution >= 0.6 is 0 Å². The highest BCUT2D eigenvalue weighted by molar-refractivity contribution is 6.02. The van der Waals surface area contributed by atoms with Gasteiger partial charge in [-0.25, -0.2) is 4.79 Å². The van der Waals surface area contributed by atoms with Crippen molar-refractivity contribution in [2.45, 2.75) is 13.3 Å². The molecule has 0 unspecified atom stereocenters. The Bertz CT molecular complexity index is 401. The van der Waals surface area contributed by atoms with Crippen LogP contribution in [0.2, 0.25) is 0 Å². The minimum atomic E-state index is -1.13. The Kier molecular flexibility index (Phi) is 3.39. The number of hydrogen-bond acceptors (Lipinski definition) is 2. The van der Waals surface area contributed by atoms with E-state index in [-0.39, 0.29) is 17.8 Å². The lowest BCUT2D eigenvalue weighted by atomic mass is 10.0. The summed E-state index contributed by atoms with van der Waals surface area (Å²) in [5, 5.41) is 8.57. The zero-order valence-corrected chi connectivity index (χ0v) is 8.49. The van der Waals surface area contributed by atoms with Crippen molar-refractivity contribution in [1.29, 1.82) is 0 Å². The quantitative estimate of drug-likeness (QED) is 0.604. The summed E-state index contributed by atoms with van der Waals surface area (Å²) in [7, 11) is 0. The molecule has 0 aliphatic carbocycles. The van der Waals surface area contributed by atoms with Crippen LogP contribution in [0.25, 0.3) is 0 Å². The van der Waals surface area contributed by atoms with Gasteiger partial charge in [0.25, 0.3) is 0 Å². The third-order valence-corrected chi connectivity index (χ3v) is 2.05. The fourth-order valence-electron chi connectivity index (χ4n) is 1.11. The second-order valence-corrected chi connectivity index (χ2v) is 3.37. The molecule has 3 nitrogen and oxygen atoms in total. The molecule has 1 aromatic carbocycles. The molecule has 0 atom stereocenters. The molecule has 0 spiro atoms. The summed E-state index contributed by atoms with van der Waals surface area (Å²) in [4.78, 5) is 22.0. The van der Waals surface area contributed by atoms with Gasteiger partial charge in [-0.05, 0) is 6.92 Å². The molecule has 0 fully saturated rings. The molecule has 0 radical (unpaired) electrons. The normalized spacial score (nSPS) is 9.67. The van der Waals surface area contributed by atoms with Gasteiger partial charge in [-0.3, -0.25) is 4.79 Å². The number of carboxylic acid groups (broad SMARTS) is 1. The maximum atomic E-state index is 11.5. The number of carboxylic acids is 1. The van der Waals surface area contributed by atoms with Crippen LogP contribution in [0.5, 0.6) is 0 Å². The molecule has 0 heterocycles. The van der Waals surface area contributed by atoms with E-state index in [0.29, 0.717) is 5.56 Å². The van der Waals surface area contributed by atoms with E-state index in [4.69, 9.17) is 5.11 Å². The van der Waals surface area contributed by atoms with Crippen molar-refractivity contribution in [2.24, 2.45) is 0 Å². The minimum Gasteiger partial charge on any atom is -0.478 e. The van der Waals surface area contributed by atoms with Crippen LogP contribution in [0.4, 0.5) is 0 Å². The molecule has 0 saturated carbocycles. The van der Waals surface area contributed by atoms with Gasteiger partial charge in [-0.15, -0.1) is 0 Å². The standard InChI is InChI=1S/C12H12O3/c1-8-3-5-10(6-4-8)11(13)7-9(2)12(14)15/h3-6H,2,7H2,1H3,(H,14,15). The summed E-state index contributed by atoms with van der Waals surface area (Å²) >= 11 is 0. The average molecular weight is 204 g/mol. The van der Waals surface area contributed by atoms with Crippen molar-refractivity contribution >= 4 is 11.8 Å². The average Bonchev–Trinajstić information content (AvgIpc) is 2.18. The molecule has 0 aliphatic heterocycles. The predicted octanol–water partition coefficient (Wildman–Crippen LogP) is 2.21. The Labute approximate surface area is 88.0 Å². The van der Waals surface area contributed by atoms with E-state index < -0.39 is 5.97 Å². The molecule has 1 rings (SSSR count). The Morgan fingerprint density at radius 2 is 1.80 bits per heavy atom. The van der Waals surface area contributed by atoms with Crippen molar-refractivity contribution in [2.75, 3.05) is 0 Å². The van der Waals surface area contributed by atoms with Crippen molar-refractivity contribution < 1.29 is 14.7 Å². The van der Waals surface area contributed by atoms with Crippen molar-refractivity contribution in [1.82, 2.24) is 0 Å². The zero-order chi connectivity index (χ0) is 11.4. The topological polar surface area (TPSA) is 54.4 Å². The second kappa shape index (κ2) is 4.55. The number of Topliss-reactive ketones (excluding diaryl/α,β-unsaturated/α-hetero) is 1. The van der Waals surface area contributed by atoms with E-state index >= 15 is 0 Å². The Morgan fingerprint density at radius 1 is 1.27 bits per heavy atom. The second-order valence-electron chi connectivity index (χ2n) is 3.37. The van der Waals surface area contributed by atoms with Gasteiger partial charge in [0.15, 0.2) is 5.78 Å². The van der Waals surface area contributed by atoms with E-state index in [2.05, 4.69) is 6.58 Å². The molecule has 15 heavy (non-hydrogen) atoms. The van der Waals surface area contributed by atoms with Crippen LogP contribution in [-0.2, 0) is 4.79 Å². The van der Waals surface area contributed by atoms with E-state index in [1.54, 1.807) is 12.1 Å². The fraction of sp³-hybridized carbons (Fsp3) is 0.167. The van der Waals surface area contributed by atoms with Gasteiger partial charge in [-0.2, -0.15) is 0 Å². The first-order valence-corrected chi connectivity index (χ1v) is 4.51. The van der Waals surface area contributed by atoms with E-state index in [1.165, 1.54) is 0 Å². The number of ketones is 1. The highest BCUT2D eigenvalue weighted by Gasteiger charge is 2.11. The fourth-order valence-corrected chi connectivity index (χ4v) is 1.11. The first-order valence-electron chi connectivity index (χ1n) is 4.51. The summed E-state index contributed by atoms with van der Waals surface area (Å²) in [5.74, 6) is -1.35. The number of aliphatic carboxylic acids is 1. The van der Waals surface area contributed by atoms with Crippen LogP contribution in [0, 0.1) is 6.92 Å². The SMILES string of the molecule is C=C(CC(=O)c1ccc(C)cc1)C(=O)O. The summed E-state index contributed by atoms with van der Waals surface area (Å²) in [5.41, 5.74) is 1.49. The molecule has 78 valence electrons. The number of carbonyl (C=O) groups is 2. The van der Waals surface area contributed by atoms with Crippen LogP contribution in [0.15, 0.2) is 36.4 Å². The summed E-state index contributed by atoms with van der Waals surface area (Å²) in [6.07, 6.45) is -0.140. The molecule has 3 heteroatoms. The van der Waals surface area contributed by atoms with Crippen molar-refractivity contribution in [3.05, 3.63) is 47.5 Å². The zero-order valence-electron chi connectivity index (χ0n) is 8.49. The Balaban J connectivity index is 2.74. The maximum absolute atomic E-state index is 11.5. The third-order valence-electron chi connectivity index (χ3n) is 2.05. The minimum absolute atomic E-state index is 0.0828. The van der Waals surface area contributed by atoms with Gasteiger partial charge in [0, 0.05) is 17.6 Å². The maximum Gasteiger partial charge on any atom is 0.331 e. The van der Waals surface area contributed by atoms with Gasteiger partial charge >= 0.3 is 5.97 Å². The Hall–Kier alpha value is -1.90. The van der Waals surface area contributed by atoms with E-state index in [9.17, 15) is 9.59 Å². The third kappa shape index (κ3) is 3.06. The highest BCUT2D eigenvalue weighted by atomic mass is 16.4. The number of rotatable bonds is 4. The van der Waals surface area contributed by atoms with Crippen LogP contribution < -0.4 is 0 Å². The molecule has 0 saturated heterocycles. The number of hydrogen-bond donors (Lipinski definition) is 1. The first kappa shape index (κ1) is 11.2. The molecule has 1 aromatic rings. The monoisotopic (exact) mass is 204 g/mol. The largest absolute Gasteiger partial charge is 0.478 e. The van der Waals surface area contributed by atoms with Crippen LogP contribution in [0.3, 0.4) is 0 Å². The molecule has 0 amide bonds. The van der Waals surface area contributed by atoms with Gasteiger partial charge < -0.3 is 5.11 Å². The molecule has 0 bridgehead atoms. The smallest absolute Gasteiger partial charge is 0.331 e. The molecular weight excluding hydrogens is 192 g/mol. The number of aryl methyl sites for hydroxylation is 1. The van der Waals surface area contributed by atoms with Gasteiger partial charge in [-0.1, -0.05) is 36.4 Å².